The monoisotopic (exact) mass is 1030 g/mol. The zero-order chi connectivity index (χ0) is 53.4. The van der Waals surface area contributed by atoms with Crippen LogP contribution < -0.4 is 9.80 Å². The fourth-order valence-corrected chi connectivity index (χ4v) is 13.3. The Kier molecular flexibility index (Phi) is 10.8. The fraction of sp³-hybridized carbons (Fsp3) is 0.0130. The van der Waals surface area contributed by atoms with Crippen molar-refractivity contribution in [2.75, 3.05) is 9.80 Å². The van der Waals surface area contributed by atoms with Crippen LogP contribution in [0, 0.1) is 0 Å². The molecular weight excluding hydrogens is 985 g/mol. The van der Waals surface area contributed by atoms with Gasteiger partial charge in [0, 0.05) is 55.1 Å². The van der Waals surface area contributed by atoms with Crippen LogP contribution in [0.1, 0.15) is 22.3 Å². The molecule has 1 aliphatic rings. The maximum Gasteiger partial charge on any atom is 0.159 e. The molecule has 81 heavy (non-hydrogen) atoms. The van der Waals surface area contributed by atoms with Gasteiger partial charge in [0.25, 0.3) is 0 Å². The Bertz CT molecular complexity index is 4820. The molecule has 1 aliphatic carbocycles. The molecule has 0 N–H and O–H groups in total. The second-order valence-corrected chi connectivity index (χ2v) is 21.0. The minimum absolute atomic E-state index is 0.793. The summed E-state index contributed by atoms with van der Waals surface area (Å²) in [6.45, 7) is 0. The van der Waals surface area contributed by atoms with Crippen molar-refractivity contribution in [1.82, 2.24) is 0 Å². The molecule has 0 aliphatic heterocycles. The number of furan rings is 2. The van der Waals surface area contributed by atoms with Gasteiger partial charge in [-0.25, -0.2) is 0 Å². The van der Waals surface area contributed by atoms with E-state index >= 15 is 0 Å². The van der Waals surface area contributed by atoms with Gasteiger partial charge in [0.15, 0.2) is 11.2 Å². The van der Waals surface area contributed by atoms with E-state index in [1.54, 1.807) is 0 Å². The Hall–Kier alpha value is -10.7. The second-order valence-electron chi connectivity index (χ2n) is 21.0. The molecule has 0 saturated carbocycles. The smallest absolute Gasteiger partial charge is 0.159 e. The zero-order valence-corrected chi connectivity index (χ0v) is 44.1. The summed E-state index contributed by atoms with van der Waals surface area (Å²) in [5, 5.41) is 6.58. The maximum absolute atomic E-state index is 7.25. The van der Waals surface area contributed by atoms with Gasteiger partial charge in [0.05, 0.1) is 22.5 Å². The lowest BCUT2D eigenvalue weighted by molar-refractivity contribution is 0.670. The molecule has 0 radical (unpaired) electrons. The summed E-state index contributed by atoms with van der Waals surface area (Å²) in [6.07, 6.45) is 0. The average Bonchev–Trinajstić information content (AvgIpc) is 2.36. The lowest BCUT2D eigenvalue weighted by atomic mass is 9.67. The number of anilines is 6. The first-order valence-electron chi connectivity index (χ1n) is 27.7. The van der Waals surface area contributed by atoms with Crippen molar-refractivity contribution in [1.29, 1.82) is 0 Å². The summed E-state index contributed by atoms with van der Waals surface area (Å²) in [5.41, 5.74) is 20.1. The highest BCUT2D eigenvalue weighted by atomic mass is 16.3. The highest BCUT2D eigenvalue weighted by Gasteiger charge is 2.48. The van der Waals surface area contributed by atoms with Gasteiger partial charge in [0.2, 0.25) is 0 Å². The predicted octanol–water partition coefficient (Wildman–Crippen LogP) is 21.3. The van der Waals surface area contributed by atoms with Crippen molar-refractivity contribution in [3.8, 4) is 33.4 Å². The highest BCUT2D eigenvalue weighted by Crippen LogP contribution is 2.61. The summed E-state index contributed by atoms with van der Waals surface area (Å²) in [5.74, 6) is 0. The van der Waals surface area contributed by atoms with Gasteiger partial charge < -0.3 is 18.6 Å². The molecule has 0 fully saturated rings. The summed E-state index contributed by atoms with van der Waals surface area (Å²) >= 11 is 0. The SMILES string of the molecule is c1ccc(-c2cccc3c2oc2c(N(c4ccccc4)c4ccc5c(c4)C(c4ccccc4)(c4ccccc4)c4cc(N(c6ccccc6)c6cccc7c6oc6c(-c8ccccc8)cccc67)c6ccccc6c4-5)cccc23)cc1. The lowest BCUT2D eigenvalue weighted by Crippen LogP contribution is -2.29. The molecule has 13 aromatic carbocycles. The number of benzene rings is 13. The molecule has 0 spiro atoms. The van der Waals surface area contributed by atoms with E-state index in [-0.39, 0.29) is 0 Å². The molecule has 2 aromatic heterocycles. The molecule has 0 amide bonds. The normalized spacial score (nSPS) is 12.5. The molecule has 0 saturated heterocycles. The molecule has 16 rings (SSSR count). The number of rotatable bonds is 10. The minimum Gasteiger partial charge on any atom is -0.453 e. The van der Waals surface area contributed by atoms with Crippen LogP contribution >= 0.6 is 0 Å². The van der Waals surface area contributed by atoms with Gasteiger partial charge >= 0.3 is 0 Å². The van der Waals surface area contributed by atoms with Crippen molar-refractivity contribution in [2.45, 2.75) is 5.41 Å². The Morgan fingerprint density at radius 2 is 0.654 bits per heavy atom. The van der Waals surface area contributed by atoms with Crippen molar-refractivity contribution in [3.63, 3.8) is 0 Å². The standard InChI is InChI=1S/C77H50N2O2/c1-7-25-51(26-8-1)58-39-21-41-62-64-43-23-45-69(75(64)80-73(58)62)78(55-33-15-5-16-34-55)57-47-48-66-67(49-57)77(53-29-11-3-12-30-53,54-31-13-4-14-32-54)68-50-71(60-37-19-20-38-61(60)72(66)68)79(56-35-17-6-18-36-56)70-46-24-44-65-63-42-22-40-59(74(63)81-76(65)70)52-27-9-2-10-28-52/h1-50H. The quantitative estimate of drug-likeness (QED) is 0.137. The van der Waals surface area contributed by atoms with Crippen molar-refractivity contribution >= 4 is 88.8 Å². The molecule has 4 nitrogen and oxygen atoms in total. The zero-order valence-electron chi connectivity index (χ0n) is 44.1. The molecule has 4 heteroatoms. The third-order valence-electron chi connectivity index (χ3n) is 16.7. The summed E-state index contributed by atoms with van der Waals surface area (Å²) < 4.78 is 14.4. The molecule has 0 bridgehead atoms. The van der Waals surface area contributed by atoms with E-state index in [0.29, 0.717) is 0 Å². The summed E-state index contributed by atoms with van der Waals surface area (Å²) in [4.78, 5) is 4.81. The largest absolute Gasteiger partial charge is 0.453 e. The van der Waals surface area contributed by atoms with Crippen LogP contribution in [0.5, 0.6) is 0 Å². The topological polar surface area (TPSA) is 32.8 Å². The van der Waals surface area contributed by atoms with E-state index in [1.807, 2.05) is 0 Å². The fourth-order valence-electron chi connectivity index (χ4n) is 13.3. The molecule has 2 heterocycles. The van der Waals surface area contributed by atoms with Crippen LogP contribution in [0.4, 0.5) is 34.1 Å². The molecule has 0 atom stereocenters. The summed E-state index contributed by atoms with van der Waals surface area (Å²) in [7, 11) is 0. The second kappa shape index (κ2) is 18.8. The van der Waals surface area contributed by atoms with Crippen LogP contribution in [-0.2, 0) is 5.41 Å². The van der Waals surface area contributed by atoms with Gasteiger partial charge in [-0.05, 0) is 104 Å². The van der Waals surface area contributed by atoms with Crippen molar-refractivity contribution in [2.24, 2.45) is 0 Å². The van der Waals surface area contributed by atoms with E-state index < -0.39 is 5.41 Å². The molecule has 15 aromatic rings. The Morgan fingerprint density at radius 3 is 1.17 bits per heavy atom. The third kappa shape index (κ3) is 7.17. The minimum atomic E-state index is -0.793. The van der Waals surface area contributed by atoms with Gasteiger partial charge in [-0.1, -0.05) is 249 Å². The number of hydrogen-bond donors (Lipinski definition) is 0. The highest BCUT2D eigenvalue weighted by molar-refractivity contribution is 6.17. The third-order valence-corrected chi connectivity index (χ3v) is 16.7. The van der Waals surface area contributed by atoms with Crippen LogP contribution in [-0.4, -0.2) is 0 Å². The Labute approximate surface area is 469 Å². The Morgan fingerprint density at radius 1 is 0.247 bits per heavy atom. The van der Waals surface area contributed by atoms with Gasteiger partial charge in [-0.2, -0.15) is 0 Å². The first-order chi connectivity index (χ1) is 40.2. The van der Waals surface area contributed by atoms with E-state index in [0.717, 1.165) is 111 Å². The number of nitrogens with zero attached hydrogens (tertiary/aromatic N) is 2. The van der Waals surface area contributed by atoms with Crippen LogP contribution in [0.25, 0.3) is 88.0 Å². The number of para-hydroxylation sites is 6. The summed E-state index contributed by atoms with van der Waals surface area (Å²) in [6, 6.07) is 110. The average molecular weight is 1040 g/mol. The van der Waals surface area contributed by atoms with Crippen LogP contribution in [0.15, 0.2) is 312 Å². The molecule has 0 unspecified atom stereocenters. The first kappa shape index (κ1) is 46.4. The maximum atomic E-state index is 7.25. The van der Waals surface area contributed by atoms with E-state index in [9.17, 15) is 0 Å². The van der Waals surface area contributed by atoms with Crippen LogP contribution in [0.2, 0.25) is 0 Å². The van der Waals surface area contributed by atoms with Crippen molar-refractivity contribution < 1.29 is 8.83 Å². The predicted molar refractivity (Wildman–Crippen MR) is 336 cm³/mol. The Balaban J connectivity index is 0.973. The van der Waals surface area contributed by atoms with E-state index in [4.69, 9.17) is 8.83 Å². The lowest BCUT2D eigenvalue weighted by Gasteiger charge is -2.36. The number of hydrogen-bond acceptors (Lipinski definition) is 4. The van der Waals surface area contributed by atoms with E-state index in [1.165, 1.54) is 33.4 Å². The van der Waals surface area contributed by atoms with Crippen LogP contribution in [0.3, 0.4) is 0 Å². The van der Waals surface area contributed by atoms with Crippen molar-refractivity contribution in [3.05, 3.63) is 326 Å². The number of fused-ring (bicyclic) bond motifs is 11. The molecular formula is C77H50N2O2. The van der Waals surface area contributed by atoms with Gasteiger partial charge in [-0.3, -0.25) is 0 Å². The first-order valence-corrected chi connectivity index (χ1v) is 27.7. The van der Waals surface area contributed by atoms with Gasteiger partial charge in [-0.15, -0.1) is 0 Å². The van der Waals surface area contributed by atoms with E-state index in [2.05, 4.69) is 313 Å². The molecule has 380 valence electrons. The van der Waals surface area contributed by atoms with Gasteiger partial charge in [0.1, 0.15) is 11.2 Å².